The van der Waals surface area contributed by atoms with Gasteiger partial charge in [-0.15, -0.1) is 0 Å². The van der Waals surface area contributed by atoms with Crippen LogP contribution in [-0.2, 0) is 0 Å². The SMILES string of the molecule is O=C(NC(c1ccccc1)c1ccco1)c1ccc2c(=O)n(-c3ccccc3F)c(=S)[nH]c2c1. The molecule has 0 saturated heterocycles. The quantitative estimate of drug-likeness (QED) is 0.341. The molecular weight excluding hydrogens is 453 g/mol. The Balaban J connectivity index is 1.53. The molecule has 0 fully saturated rings. The molecule has 2 N–H and O–H groups in total. The van der Waals surface area contributed by atoms with Crippen LogP contribution in [0.15, 0.2) is 100 Å². The standard InChI is InChI=1S/C26H18FN3O3S/c27-19-9-4-5-10-21(19)30-25(32)18-13-12-17(15-20(18)28-26(30)34)24(31)29-23(22-11-6-14-33-22)16-7-2-1-3-8-16/h1-15,23H,(H,28,34)(H,29,31). The highest BCUT2D eigenvalue weighted by atomic mass is 32.1. The number of amides is 1. The second-order valence-electron chi connectivity index (χ2n) is 7.62. The van der Waals surface area contributed by atoms with Crippen molar-refractivity contribution in [2.24, 2.45) is 0 Å². The third kappa shape index (κ3) is 3.95. The minimum atomic E-state index is -0.565. The van der Waals surface area contributed by atoms with Crippen LogP contribution in [0.25, 0.3) is 16.6 Å². The number of aromatic amines is 1. The fourth-order valence-electron chi connectivity index (χ4n) is 3.85. The first-order chi connectivity index (χ1) is 16.5. The Morgan fingerprint density at radius 2 is 1.76 bits per heavy atom. The normalized spacial score (nSPS) is 11.9. The molecule has 168 valence electrons. The summed E-state index contributed by atoms with van der Waals surface area (Å²) in [6.45, 7) is 0. The van der Waals surface area contributed by atoms with E-state index in [0.717, 1.165) is 10.1 Å². The van der Waals surface area contributed by atoms with Crippen molar-refractivity contribution in [1.82, 2.24) is 14.9 Å². The molecule has 1 amide bonds. The van der Waals surface area contributed by atoms with Gasteiger partial charge in [0.1, 0.15) is 17.6 Å². The Hall–Kier alpha value is -4.30. The molecule has 5 aromatic rings. The molecule has 1 unspecified atom stereocenters. The fourth-order valence-corrected chi connectivity index (χ4v) is 4.14. The summed E-state index contributed by atoms with van der Waals surface area (Å²) >= 11 is 5.33. The van der Waals surface area contributed by atoms with E-state index in [1.165, 1.54) is 24.3 Å². The third-order valence-electron chi connectivity index (χ3n) is 5.49. The molecule has 0 spiro atoms. The number of halogens is 1. The first kappa shape index (κ1) is 21.5. The lowest BCUT2D eigenvalue weighted by Gasteiger charge is -2.17. The van der Waals surface area contributed by atoms with E-state index in [4.69, 9.17) is 16.6 Å². The zero-order chi connectivity index (χ0) is 23.7. The van der Waals surface area contributed by atoms with E-state index in [2.05, 4.69) is 10.3 Å². The molecule has 0 aliphatic rings. The molecule has 34 heavy (non-hydrogen) atoms. The van der Waals surface area contributed by atoms with E-state index in [1.807, 2.05) is 30.3 Å². The van der Waals surface area contributed by atoms with Gasteiger partial charge in [-0.05, 0) is 60.2 Å². The van der Waals surface area contributed by atoms with E-state index >= 15 is 0 Å². The second kappa shape index (κ2) is 8.92. The van der Waals surface area contributed by atoms with Crippen molar-refractivity contribution < 1.29 is 13.6 Å². The molecule has 3 aromatic carbocycles. The third-order valence-corrected chi connectivity index (χ3v) is 5.77. The highest BCUT2D eigenvalue weighted by Crippen LogP contribution is 2.23. The van der Waals surface area contributed by atoms with Gasteiger partial charge >= 0.3 is 0 Å². The number of hydrogen-bond donors (Lipinski definition) is 2. The molecule has 0 radical (unpaired) electrons. The number of furan rings is 1. The zero-order valence-electron chi connectivity index (χ0n) is 17.7. The van der Waals surface area contributed by atoms with Gasteiger partial charge < -0.3 is 14.7 Å². The Bertz CT molecular complexity index is 1610. The number of fused-ring (bicyclic) bond motifs is 1. The van der Waals surface area contributed by atoms with Crippen LogP contribution in [0.4, 0.5) is 4.39 Å². The van der Waals surface area contributed by atoms with Crippen molar-refractivity contribution in [3.8, 4) is 5.69 Å². The van der Waals surface area contributed by atoms with E-state index < -0.39 is 17.4 Å². The van der Waals surface area contributed by atoms with E-state index in [9.17, 15) is 14.0 Å². The van der Waals surface area contributed by atoms with Crippen LogP contribution >= 0.6 is 12.2 Å². The lowest BCUT2D eigenvalue weighted by atomic mass is 10.0. The van der Waals surface area contributed by atoms with Gasteiger partial charge in [-0.3, -0.25) is 9.59 Å². The Morgan fingerprint density at radius 1 is 1.00 bits per heavy atom. The zero-order valence-corrected chi connectivity index (χ0v) is 18.5. The molecule has 2 heterocycles. The molecular formula is C26H18FN3O3S. The van der Waals surface area contributed by atoms with Crippen molar-refractivity contribution in [2.75, 3.05) is 0 Å². The summed E-state index contributed by atoms with van der Waals surface area (Å²) in [7, 11) is 0. The molecule has 1 atom stereocenters. The summed E-state index contributed by atoms with van der Waals surface area (Å²) < 4.78 is 21.0. The maximum atomic E-state index is 14.3. The average molecular weight is 472 g/mol. The molecule has 5 rings (SSSR count). The number of carbonyl (C=O) groups excluding carboxylic acids is 1. The van der Waals surface area contributed by atoms with Gasteiger partial charge in [0.25, 0.3) is 11.5 Å². The maximum absolute atomic E-state index is 14.3. The second-order valence-corrected chi connectivity index (χ2v) is 8.00. The van der Waals surface area contributed by atoms with Crippen LogP contribution in [0.1, 0.15) is 27.7 Å². The number of hydrogen-bond acceptors (Lipinski definition) is 4. The van der Waals surface area contributed by atoms with Crippen molar-refractivity contribution in [3.05, 3.63) is 129 Å². The molecule has 6 nitrogen and oxygen atoms in total. The highest BCUT2D eigenvalue weighted by Gasteiger charge is 2.21. The van der Waals surface area contributed by atoms with Gasteiger partial charge in [-0.2, -0.15) is 0 Å². The number of benzene rings is 3. The van der Waals surface area contributed by atoms with E-state index in [-0.39, 0.29) is 21.8 Å². The van der Waals surface area contributed by atoms with Crippen LogP contribution < -0.4 is 10.9 Å². The molecule has 0 saturated carbocycles. The van der Waals surface area contributed by atoms with Gasteiger partial charge in [0.05, 0.1) is 22.9 Å². The van der Waals surface area contributed by atoms with E-state index in [0.29, 0.717) is 16.8 Å². The van der Waals surface area contributed by atoms with Crippen LogP contribution in [0.5, 0.6) is 0 Å². The Kier molecular flexibility index (Phi) is 5.65. The fraction of sp³-hybridized carbons (Fsp3) is 0.0385. The predicted octanol–water partition coefficient (Wildman–Crippen LogP) is 5.30. The number of H-pyrrole nitrogens is 1. The molecule has 8 heteroatoms. The number of nitrogens with zero attached hydrogens (tertiary/aromatic N) is 1. The summed E-state index contributed by atoms with van der Waals surface area (Å²) in [6, 6.07) is 23.0. The summed E-state index contributed by atoms with van der Waals surface area (Å²) in [5.74, 6) is -0.332. The highest BCUT2D eigenvalue weighted by molar-refractivity contribution is 7.71. The monoisotopic (exact) mass is 471 g/mol. The summed E-state index contributed by atoms with van der Waals surface area (Å²) in [4.78, 5) is 29.2. The van der Waals surface area contributed by atoms with Crippen LogP contribution in [0.2, 0.25) is 0 Å². The molecule has 0 aliphatic carbocycles. The number of nitrogens with one attached hydrogen (secondary N) is 2. The van der Waals surface area contributed by atoms with Gasteiger partial charge in [-0.1, -0.05) is 42.5 Å². The van der Waals surface area contributed by atoms with Crippen LogP contribution in [0, 0.1) is 10.6 Å². The minimum absolute atomic E-state index is 0.0258. The van der Waals surface area contributed by atoms with Crippen LogP contribution in [0.3, 0.4) is 0 Å². The number of para-hydroxylation sites is 1. The number of aromatic nitrogens is 2. The summed E-state index contributed by atoms with van der Waals surface area (Å²) in [6.07, 6.45) is 1.55. The van der Waals surface area contributed by atoms with Gasteiger partial charge in [0.2, 0.25) is 0 Å². The topological polar surface area (TPSA) is 80.0 Å². The van der Waals surface area contributed by atoms with E-state index in [1.54, 1.807) is 36.6 Å². The summed E-state index contributed by atoms with van der Waals surface area (Å²) in [5, 5.41) is 3.26. The predicted molar refractivity (Wildman–Crippen MR) is 129 cm³/mol. The first-order valence-electron chi connectivity index (χ1n) is 10.5. The Morgan fingerprint density at radius 3 is 2.50 bits per heavy atom. The van der Waals surface area contributed by atoms with Crippen molar-refractivity contribution in [2.45, 2.75) is 6.04 Å². The van der Waals surface area contributed by atoms with Crippen molar-refractivity contribution in [1.29, 1.82) is 0 Å². The number of rotatable bonds is 5. The van der Waals surface area contributed by atoms with Crippen LogP contribution in [-0.4, -0.2) is 15.5 Å². The molecule has 2 aromatic heterocycles. The smallest absolute Gasteiger partial charge is 0.266 e. The first-order valence-corrected chi connectivity index (χ1v) is 10.9. The van der Waals surface area contributed by atoms with Gasteiger partial charge in [0, 0.05) is 5.56 Å². The summed E-state index contributed by atoms with van der Waals surface area (Å²) in [5.41, 5.74) is 1.15. The van der Waals surface area contributed by atoms with Crippen molar-refractivity contribution in [3.63, 3.8) is 0 Å². The molecule has 0 aliphatic heterocycles. The van der Waals surface area contributed by atoms with Gasteiger partial charge in [-0.25, -0.2) is 8.96 Å². The lowest BCUT2D eigenvalue weighted by Crippen LogP contribution is -2.29. The largest absolute Gasteiger partial charge is 0.467 e. The maximum Gasteiger partial charge on any atom is 0.266 e. The molecule has 0 bridgehead atoms. The Labute approximate surface area is 198 Å². The minimum Gasteiger partial charge on any atom is -0.467 e. The van der Waals surface area contributed by atoms with Crippen molar-refractivity contribution >= 4 is 29.0 Å². The lowest BCUT2D eigenvalue weighted by molar-refractivity contribution is 0.0939. The average Bonchev–Trinajstić information content (AvgIpc) is 3.38. The number of carbonyl (C=O) groups is 1. The van der Waals surface area contributed by atoms with Gasteiger partial charge in [0.15, 0.2) is 4.77 Å².